The fourth-order valence-electron chi connectivity index (χ4n) is 3.52. The molecule has 0 spiro atoms. The summed E-state index contributed by atoms with van der Waals surface area (Å²) in [5, 5.41) is 22.5. The molecular weight excluding hydrogens is 486 g/mol. The highest BCUT2D eigenvalue weighted by Gasteiger charge is 2.47. The van der Waals surface area contributed by atoms with Gasteiger partial charge in [-0.1, -0.05) is 0 Å². The molecule has 0 radical (unpaired) electrons. The normalized spacial score (nSPS) is 29.1. The number of aromatic nitrogens is 2. The molecule has 0 saturated carbocycles. The van der Waals surface area contributed by atoms with Crippen molar-refractivity contribution in [2.45, 2.75) is 30.6 Å². The molecule has 36 heavy (non-hydrogen) atoms. The van der Waals surface area contributed by atoms with Crippen LogP contribution in [-0.4, -0.2) is 123 Å². The highest BCUT2D eigenvalue weighted by molar-refractivity contribution is 5.67. The number of ether oxygens (including phenoxy) is 7. The van der Waals surface area contributed by atoms with Crippen LogP contribution in [0.2, 0.25) is 0 Å². The van der Waals surface area contributed by atoms with Gasteiger partial charge in [0.25, 0.3) is 5.56 Å². The van der Waals surface area contributed by atoms with E-state index < -0.39 is 54.6 Å². The monoisotopic (exact) mass is 519 g/mol. The Bertz CT molecular complexity index is 893. The number of hydrogen-bond donors (Lipinski definition) is 4. The van der Waals surface area contributed by atoms with Crippen LogP contribution in [0.5, 0.6) is 0 Å². The average Bonchev–Trinajstić information content (AvgIpc) is 3.15. The molecule has 15 heteroatoms. The summed E-state index contributed by atoms with van der Waals surface area (Å²) >= 11 is 0. The van der Waals surface area contributed by atoms with Gasteiger partial charge in [0.2, 0.25) is 0 Å². The van der Waals surface area contributed by atoms with E-state index in [1.165, 1.54) is 0 Å². The van der Waals surface area contributed by atoms with Crippen LogP contribution in [0.25, 0.3) is 0 Å². The number of aromatic amines is 1. The second-order valence-corrected chi connectivity index (χ2v) is 7.91. The number of aliphatic hydroxyl groups is 2. The summed E-state index contributed by atoms with van der Waals surface area (Å²) in [6.45, 7) is 2.63. The Balaban J connectivity index is 1.56. The van der Waals surface area contributed by atoms with Crippen LogP contribution in [0.4, 0.5) is 4.79 Å². The van der Waals surface area contributed by atoms with Crippen molar-refractivity contribution < 1.29 is 48.2 Å². The minimum Gasteiger partial charge on any atom is -0.439 e. The van der Waals surface area contributed by atoms with E-state index in [9.17, 15) is 24.6 Å². The predicted octanol–water partition coefficient (Wildman–Crippen LogP) is -2.65. The van der Waals surface area contributed by atoms with Crippen molar-refractivity contribution in [3.8, 4) is 0 Å². The second-order valence-electron chi connectivity index (χ2n) is 7.91. The lowest BCUT2D eigenvalue weighted by Crippen LogP contribution is -2.44. The van der Waals surface area contributed by atoms with Crippen molar-refractivity contribution in [3.63, 3.8) is 0 Å². The first kappa shape index (κ1) is 28.2. The number of alkyl carbamates (subject to hydrolysis) is 1. The van der Waals surface area contributed by atoms with Gasteiger partial charge in [0.15, 0.2) is 12.3 Å². The molecule has 3 heterocycles. The molecule has 4 N–H and O–H groups in total. The molecule has 1 aromatic heterocycles. The van der Waals surface area contributed by atoms with Gasteiger partial charge in [-0.05, 0) is 0 Å². The molecule has 5 atom stereocenters. The number of amides is 1. The highest BCUT2D eigenvalue weighted by Crippen LogP contribution is 2.30. The second kappa shape index (κ2) is 15.0. The van der Waals surface area contributed by atoms with E-state index in [4.69, 9.17) is 33.2 Å². The van der Waals surface area contributed by atoms with E-state index in [-0.39, 0.29) is 19.8 Å². The summed E-state index contributed by atoms with van der Waals surface area (Å²) in [4.78, 5) is 38.1. The van der Waals surface area contributed by atoms with Crippen LogP contribution in [0.3, 0.4) is 0 Å². The fraction of sp³-hybridized carbons (Fsp3) is 0.762. The molecule has 2 aliphatic rings. The summed E-state index contributed by atoms with van der Waals surface area (Å²) in [6.07, 6.45) is -5.46. The van der Waals surface area contributed by atoms with Crippen LogP contribution in [0.1, 0.15) is 6.23 Å². The first-order valence-corrected chi connectivity index (χ1v) is 11.6. The van der Waals surface area contributed by atoms with Gasteiger partial charge in [-0.2, -0.15) is 0 Å². The lowest BCUT2D eigenvalue weighted by atomic mass is 10.1. The van der Waals surface area contributed by atoms with Crippen LogP contribution in [-0.2, 0) is 33.2 Å². The molecule has 204 valence electrons. The molecule has 3 rings (SSSR count). The Labute approximate surface area is 206 Å². The van der Waals surface area contributed by atoms with Crippen molar-refractivity contribution in [2.24, 2.45) is 0 Å². The summed E-state index contributed by atoms with van der Waals surface area (Å²) in [6, 6.07) is 1.08. The minimum absolute atomic E-state index is 0.0131. The van der Waals surface area contributed by atoms with Gasteiger partial charge in [0, 0.05) is 18.8 Å². The van der Waals surface area contributed by atoms with Gasteiger partial charge >= 0.3 is 11.8 Å². The molecular formula is C21H33N3O12. The predicted molar refractivity (Wildman–Crippen MR) is 120 cm³/mol. The van der Waals surface area contributed by atoms with E-state index in [1.807, 2.05) is 0 Å². The highest BCUT2D eigenvalue weighted by atomic mass is 16.6. The van der Waals surface area contributed by atoms with E-state index >= 15 is 0 Å². The van der Waals surface area contributed by atoms with Crippen molar-refractivity contribution in [1.29, 1.82) is 0 Å². The first-order chi connectivity index (χ1) is 17.5. The maximum Gasteiger partial charge on any atom is 0.407 e. The van der Waals surface area contributed by atoms with Gasteiger partial charge in [-0.3, -0.25) is 14.3 Å². The number of nitrogens with zero attached hydrogens (tertiary/aromatic N) is 1. The third-order valence-electron chi connectivity index (χ3n) is 5.34. The summed E-state index contributed by atoms with van der Waals surface area (Å²) in [5.74, 6) is 0. The van der Waals surface area contributed by atoms with Gasteiger partial charge in [0.1, 0.15) is 12.2 Å². The maximum absolute atomic E-state index is 12.5. The molecule has 1 unspecified atom stereocenters. The molecule has 1 amide bonds. The number of H-pyrrole nitrogens is 1. The van der Waals surface area contributed by atoms with E-state index in [1.54, 1.807) is 0 Å². The molecule has 2 saturated heterocycles. The van der Waals surface area contributed by atoms with Crippen molar-refractivity contribution in [1.82, 2.24) is 14.9 Å². The number of aliphatic hydroxyl groups excluding tert-OH is 2. The lowest BCUT2D eigenvalue weighted by Gasteiger charge is -2.23. The molecule has 1 aromatic rings. The Hall–Kier alpha value is -2.37. The van der Waals surface area contributed by atoms with Gasteiger partial charge in [-0.15, -0.1) is 0 Å². The Morgan fingerprint density at radius 1 is 1.06 bits per heavy atom. The topological polar surface area (TPSA) is 189 Å². The molecule has 0 aromatic carbocycles. The Kier molecular flexibility index (Phi) is 11.8. The summed E-state index contributed by atoms with van der Waals surface area (Å²) in [7, 11) is 0. The van der Waals surface area contributed by atoms with Gasteiger partial charge < -0.3 is 48.7 Å². The average molecular weight is 520 g/mol. The van der Waals surface area contributed by atoms with E-state index in [0.717, 1.165) is 16.8 Å². The summed E-state index contributed by atoms with van der Waals surface area (Å²) in [5.41, 5.74) is -1.46. The zero-order valence-corrected chi connectivity index (χ0v) is 19.7. The van der Waals surface area contributed by atoms with Crippen LogP contribution >= 0.6 is 0 Å². The number of hydrogen-bond acceptors (Lipinski definition) is 12. The number of nitrogens with one attached hydrogen (secondary N) is 2. The van der Waals surface area contributed by atoms with Gasteiger partial charge in [-0.25, -0.2) is 9.59 Å². The van der Waals surface area contributed by atoms with Gasteiger partial charge in [0.05, 0.1) is 72.2 Å². The van der Waals surface area contributed by atoms with Crippen LogP contribution in [0.15, 0.2) is 21.9 Å². The summed E-state index contributed by atoms with van der Waals surface area (Å²) < 4.78 is 39.2. The standard InChI is InChI=1S/C21H33N3O12/c25-12-15-17(27)18(19(35-15)24-2-1-16(26)23-20(24)28)36-21(29)22-11-14-13-33-8-7-31-4-3-30-5-6-32-9-10-34-14/h1-2,14-15,17-19,25,27H,3-13H2,(H,22,29)(H,23,26,28)/t14?,15-,17-,18-,19-/m1/s1. The molecule has 0 bridgehead atoms. The molecule has 0 aliphatic carbocycles. The molecule has 2 aliphatic heterocycles. The zero-order valence-electron chi connectivity index (χ0n) is 19.7. The number of carbonyl (C=O) groups is 1. The Morgan fingerprint density at radius 2 is 1.69 bits per heavy atom. The lowest BCUT2D eigenvalue weighted by molar-refractivity contribution is -0.0587. The smallest absolute Gasteiger partial charge is 0.407 e. The number of carbonyl (C=O) groups excluding carboxylic acids is 1. The molecule has 2 fully saturated rings. The largest absolute Gasteiger partial charge is 0.439 e. The van der Waals surface area contributed by atoms with Crippen molar-refractivity contribution in [3.05, 3.63) is 33.1 Å². The van der Waals surface area contributed by atoms with Crippen molar-refractivity contribution in [2.75, 3.05) is 72.6 Å². The van der Waals surface area contributed by atoms with E-state index in [0.29, 0.717) is 46.2 Å². The Morgan fingerprint density at radius 3 is 2.33 bits per heavy atom. The van der Waals surface area contributed by atoms with Crippen LogP contribution < -0.4 is 16.6 Å². The molecule has 15 nitrogen and oxygen atoms in total. The third kappa shape index (κ3) is 8.63. The third-order valence-corrected chi connectivity index (χ3v) is 5.34. The van der Waals surface area contributed by atoms with Crippen LogP contribution in [0, 0.1) is 0 Å². The maximum atomic E-state index is 12.5. The first-order valence-electron chi connectivity index (χ1n) is 11.6. The fourth-order valence-corrected chi connectivity index (χ4v) is 3.52. The zero-order chi connectivity index (χ0) is 25.8. The minimum atomic E-state index is -1.43. The van der Waals surface area contributed by atoms with E-state index in [2.05, 4.69) is 10.3 Å². The van der Waals surface area contributed by atoms with Crippen molar-refractivity contribution >= 4 is 6.09 Å². The number of rotatable bonds is 5. The quantitative estimate of drug-likeness (QED) is 0.317. The SMILES string of the molecule is O=C(NCC1COCCOCCOCCOCCO1)O[C@@H]1[C@H](O)[C@@H](CO)O[C@H]1n1ccc(=O)[nH]c1=O.